The maximum Gasteiger partial charge on any atom is 0.180 e. The van der Waals surface area contributed by atoms with Gasteiger partial charge in [-0.15, -0.1) is 34.2 Å². The molecule has 0 saturated carbocycles. The van der Waals surface area contributed by atoms with E-state index in [-0.39, 0.29) is 24.0 Å². The highest BCUT2D eigenvalue weighted by atomic mass is 127. The van der Waals surface area contributed by atoms with Crippen molar-refractivity contribution < 1.29 is 0 Å². The molecule has 0 rings (SSSR count). The minimum absolute atomic E-state index is 0. The molecule has 9 heteroatoms. The first-order valence-electron chi connectivity index (χ1n) is 3.92. The standard InChI is InChI=1S/C7H14N6S2.HI/c1-5(11-13-7(9)15-3)4-10-12-6(8)14-2;/h4H,1-3H3,(H2,8,12)(H2,9,13);1H/b10-4+,11-5+;. The van der Waals surface area contributed by atoms with Crippen LogP contribution in [0, 0.1) is 0 Å². The van der Waals surface area contributed by atoms with Gasteiger partial charge in [0.25, 0.3) is 0 Å². The molecule has 0 spiro atoms. The van der Waals surface area contributed by atoms with Gasteiger partial charge >= 0.3 is 0 Å². The third-order valence-electron chi connectivity index (χ3n) is 1.13. The van der Waals surface area contributed by atoms with E-state index < -0.39 is 0 Å². The van der Waals surface area contributed by atoms with E-state index in [0.717, 1.165) is 0 Å². The van der Waals surface area contributed by atoms with E-state index in [4.69, 9.17) is 11.5 Å². The zero-order chi connectivity index (χ0) is 11.7. The first-order chi connectivity index (χ1) is 7.10. The van der Waals surface area contributed by atoms with Crippen LogP contribution in [0.25, 0.3) is 0 Å². The van der Waals surface area contributed by atoms with E-state index in [1.54, 1.807) is 6.92 Å². The lowest BCUT2D eigenvalue weighted by atomic mass is 10.5. The van der Waals surface area contributed by atoms with E-state index in [0.29, 0.717) is 16.0 Å². The largest absolute Gasteiger partial charge is 0.377 e. The maximum absolute atomic E-state index is 5.43. The third-order valence-corrected chi connectivity index (χ3v) is 2.13. The molecule has 92 valence electrons. The fourth-order valence-corrected chi connectivity index (χ4v) is 0.656. The second-order valence-electron chi connectivity index (χ2n) is 2.27. The number of nitrogens with two attached hydrogens (primary N) is 2. The first-order valence-corrected chi connectivity index (χ1v) is 6.37. The van der Waals surface area contributed by atoms with Gasteiger partial charge in [-0.1, -0.05) is 23.5 Å². The second kappa shape index (κ2) is 11.2. The summed E-state index contributed by atoms with van der Waals surface area (Å²) in [6.45, 7) is 1.74. The van der Waals surface area contributed by atoms with Crippen LogP contribution in [0.15, 0.2) is 20.4 Å². The fourth-order valence-electron chi connectivity index (χ4n) is 0.405. The Kier molecular flexibility index (Phi) is 12.7. The SMILES string of the molecule is CS\C(N)=N/N=C/C(C)=N/N=C(/N)SC.I. The number of thioether (sulfide) groups is 2. The van der Waals surface area contributed by atoms with Crippen LogP contribution in [0.3, 0.4) is 0 Å². The van der Waals surface area contributed by atoms with Crippen molar-refractivity contribution in [3.63, 3.8) is 0 Å². The first kappa shape index (κ1) is 18.1. The normalized spacial score (nSPS) is 14.1. The lowest BCUT2D eigenvalue weighted by Gasteiger charge is -1.90. The third kappa shape index (κ3) is 10.2. The van der Waals surface area contributed by atoms with E-state index in [1.807, 2.05) is 12.5 Å². The molecule has 4 N–H and O–H groups in total. The molecule has 0 aromatic rings. The van der Waals surface area contributed by atoms with Crippen molar-refractivity contribution in [3.8, 4) is 0 Å². The van der Waals surface area contributed by atoms with E-state index in [1.165, 1.54) is 29.7 Å². The summed E-state index contributed by atoms with van der Waals surface area (Å²) in [6.07, 6.45) is 5.10. The van der Waals surface area contributed by atoms with Gasteiger partial charge in [-0.3, -0.25) is 0 Å². The van der Waals surface area contributed by atoms with Crippen molar-refractivity contribution in [2.24, 2.45) is 31.9 Å². The Morgan fingerprint density at radius 2 is 1.50 bits per heavy atom. The highest BCUT2D eigenvalue weighted by Crippen LogP contribution is 1.92. The van der Waals surface area contributed by atoms with Gasteiger partial charge in [-0.05, 0) is 19.4 Å². The fraction of sp³-hybridized carbons (Fsp3) is 0.429. The molecule has 0 aromatic carbocycles. The molecular weight excluding hydrogens is 359 g/mol. The van der Waals surface area contributed by atoms with Crippen molar-refractivity contribution in [2.75, 3.05) is 12.5 Å². The zero-order valence-corrected chi connectivity index (χ0v) is 13.2. The monoisotopic (exact) mass is 374 g/mol. The summed E-state index contributed by atoms with van der Waals surface area (Å²) in [6, 6.07) is 0. The van der Waals surface area contributed by atoms with Crippen molar-refractivity contribution in [3.05, 3.63) is 0 Å². The van der Waals surface area contributed by atoms with Crippen LogP contribution in [0.5, 0.6) is 0 Å². The Morgan fingerprint density at radius 3 is 2.00 bits per heavy atom. The van der Waals surface area contributed by atoms with Crippen molar-refractivity contribution in [1.29, 1.82) is 0 Å². The summed E-state index contributed by atoms with van der Waals surface area (Å²) in [5.74, 6) is 0. The van der Waals surface area contributed by atoms with Gasteiger partial charge in [0.15, 0.2) is 10.3 Å². The van der Waals surface area contributed by atoms with Crippen LogP contribution in [0.4, 0.5) is 0 Å². The minimum atomic E-state index is 0. The summed E-state index contributed by atoms with van der Waals surface area (Å²) in [5, 5.41) is 15.7. The highest BCUT2D eigenvalue weighted by molar-refractivity contribution is 14.0. The van der Waals surface area contributed by atoms with E-state index >= 15 is 0 Å². The number of amidine groups is 2. The number of nitrogens with zero attached hydrogens (tertiary/aromatic N) is 4. The molecule has 0 radical (unpaired) electrons. The topological polar surface area (TPSA) is 101 Å². The van der Waals surface area contributed by atoms with Crippen molar-refractivity contribution >= 4 is 69.8 Å². The molecule has 0 aliphatic rings. The van der Waals surface area contributed by atoms with E-state index in [9.17, 15) is 0 Å². The molecule has 6 nitrogen and oxygen atoms in total. The van der Waals surface area contributed by atoms with Crippen LogP contribution < -0.4 is 11.5 Å². The average molecular weight is 374 g/mol. The molecule has 0 saturated heterocycles. The second-order valence-corrected chi connectivity index (χ2v) is 3.92. The van der Waals surface area contributed by atoms with Crippen molar-refractivity contribution in [2.45, 2.75) is 6.92 Å². The van der Waals surface area contributed by atoms with Gasteiger partial charge in [-0.25, -0.2) is 0 Å². The molecule has 0 unspecified atom stereocenters. The lowest BCUT2D eigenvalue weighted by molar-refractivity contribution is 1.23. The zero-order valence-electron chi connectivity index (χ0n) is 9.25. The highest BCUT2D eigenvalue weighted by Gasteiger charge is 1.87. The number of rotatable bonds is 3. The smallest absolute Gasteiger partial charge is 0.180 e. The summed E-state index contributed by atoms with van der Waals surface area (Å²) in [7, 11) is 0. The van der Waals surface area contributed by atoms with Gasteiger partial charge in [0.2, 0.25) is 0 Å². The van der Waals surface area contributed by atoms with E-state index in [2.05, 4.69) is 20.4 Å². The molecule has 0 heterocycles. The number of hydrogen-bond acceptors (Lipinski definition) is 6. The molecule has 0 aliphatic carbocycles. The van der Waals surface area contributed by atoms with Gasteiger partial charge in [0, 0.05) is 0 Å². The predicted octanol–water partition coefficient (Wildman–Crippen LogP) is 1.32. The Bertz CT molecular complexity index is 312. The van der Waals surface area contributed by atoms with Gasteiger partial charge in [0.05, 0.1) is 11.9 Å². The summed E-state index contributed by atoms with van der Waals surface area (Å²) in [4.78, 5) is 0. The van der Waals surface area contributed by atoms with Crippen LogP contribution in [-0.2, 0) is 0 Å². The number of hydrogen-bond donors (Lipinski definition) is 2. The quantitative estimate of drug-likeness (QED) is 0.337. The summed E-state index contributed by atoms with van der Waals surface area (Å²) >= 11 is 2.65. The molecule has 0 amide bonds. The Hall–Kier alpha value is -0.290. The predicted molar refractivity (Wildman–Crippen MR) is 87.3 cm³/mol. The Balaban J connectivity index is 0. The van der Waals surface area contributed by atoms with Gasteiger partial charge < -0.3 is 11.5 Å². The Labute approximate surface area is 121 Å². The summed E-state index contributed by atoms with van der Waals surface area (Å²) < 4.78 is 0. The molecule has 16 heavy (non-hydrogen) atoms. The van der Waals surface area contributed by atoms with Gasteiger partial charge in [-0.2, -0.15) is 10.2 Å². The summed E-state index contributed by atoms with van der Waals surface area (Å²) in [5.41, 5.74) is 11.4. The van der Waals surface area contributed by atoms with Crippen LogP contribution in [0.1, 0.15) is 6.92 Å². The molecule has 0 aromatic heterocycles. The average Bonchev–Trinajstić information content (AvgIpc) is 2.25. The number of halogens is 1. The van der Waals surface area contributed by atoms with Gasteiger partial charge in [0.1, 0.15) is 0 Å². The van der Waals surface area contributed by atoms with Crippen LogP contribution in [-0.4, -0.2) is 34.8 Å². The minimum Gasteiger partial charge on any atom is -0.377 e. The van der Waals surface area contributed by atoms with Crippen LogP contribution in [0.2, 0.25) is 0 Å². The molecule has 0 fully saturated rings. The molecule has 0 aliphatic heterocycles. The lowest BCUT2D eigenvalue weighted by Crippen LogP contribution is -2.05. The maximum atomic E-state index is 5.43. The van der Waals surface area contributed by atoms with Crippen LogP contribution >= 0.6 is 47.5 Å². The molecule has 0 bridgehead atoms. The van der Waals surface area contributed by atoms with Crippen molar-refractivity contribution in [1.82, 2.24) is 0 Å². The molecule has 0 atom stereocenters. The Morgan fingerprint density at radius 1 is 1.00 bits per heavy atom. The molecular formula is C7H15IN6S2.